The summed E-state index contributed by atoms with van der Waals surface area (Å²) in [6, 6.07) is 8.57. The SMILES string of the molecule is Cn1nc2ccccc2c1C1=CCC2C3CC=C4CC(OC(=O)CC(O)C[N+](C)(C)C)CCC4(C)C3CCC12C. The van der Waals surface area contributed by atoms with Crippen LogP contribution in [0.3, 0.4) is 0 Å². The van der Waals surface area contributed by atoms with Gasteiger partial charge in [0.15, 0.2) is 0 Å². The Bertz CT molecular complexity index is 1370. The van der Waals surface area contributed by atoms with Gasteiger partial charge < -0.3 is 14.3 Å². The molecule has 6 heteroatoms. The van der Waals surface area contributed by atoms with Gasteiger partial charge in [-0.05, 0) is 78.7 Å². The summed E-state index contributed by atoms with van der Waals surface area (Å²) in [5.41, 5.74) is 5.79. The van der Waals surface area contributed by atoms with E-state index in [-0.39, 0.29) is 29.3 Å². The average molecular weight is 547 g/mol. The van der Waals surface area contributed by atoms with Gasteiger partial charge >= 0.3 is 5.97 Å². The summed E-state index contributed by atoms with van der Waals surface area (Å²) in [5, 5.41) is 16.5. The molecule has 4 aliphatic rings. The van der Waals surface area contributed by atoms with Crippen molar-refractivity contribution < 1.29 is 19.1 Å². The quantitative estimate of drug-likeness (QED) is 0.278. The van der Waals surface area contributed by atoms with Crippen molar-refractivity contribution in [1.29, 1.82) is 0 Å². The third-order valence-electron chi connectivity index (χ3n) is 11.1. The van der Waals surface area contributed by atoms with E-state index in [1.807, 2.05) is 21.1 Å². The molecule has 0 bridgehead atoms. The molecule has 0 radical (unpaired) electrons. The monoisotopic (exact) mass is 546 g/mol. The first kappa shape index (κ1) is 27.7. The zero-order valence-corrected chi connectivity index (χ0v) is 25.3. The van der Waals surface area contributed by atoms with Gasteiger partial charge in [0.1, 0.15) is 18.8 Å². The fraction of sp³-hybridized carbons (Fsp3) is 0.647. The number of aliphatic hydroxyl groups is 1. The zero-order chi connectivity index (χ0) is 28.4. The van der Waals surface area contributed by atoms with E-state index in [1.165, 1.54) is 35.1 Å². The number of carbonyl (C=O) groups excluding carboxylic acids is 1. The number of fused-ring (bicyclic) bond motifs is 6. The number of carbonyl (C=O) groups is 1. The molecule has 1 heterocycles. The number of aryl methyl sites for hydroxylation is 1. The van der Waals surface area contributed by atoms with Crippen LogP contribution in [0.2, 0.25) is 0 Å². The molecule has 0 saturated heterocycles. The molecule has 6 nitrogen and oxygen atoms in total. The molecule has 0 spiro atoms. The van der Waals surface area contributed by atoms with Gasteiger partial charge in [0.05, 0.1) is 38.8 Å². The Morgan fingerprint density at radius 3 is 2.62 bits per heavy atom. The number of hydrogen-bond acceptors (Lipinski definition) is 4. The largest absolute Gasteiger partial charge is 0.462 e. The molecule has 216 valence electrons. The number of likely N-dealkylation sites (N-methyl/N-ethyl adjacent to an activating group) is 1. The predicted molar refractivity (Wildman–Crippen MR) is 159 cm³/mol. The van der Waals surface area contributed by atoms with Gasteiger partial charge in [0, 0.05) is 18.9 Å². The smallest absolute Gasteiger partial charge is 0.308 e. The van der Waals surface area contributed by atoms with E-state index in [4.69, 9.17) is 9.84 Å². The van der Waals surface area contributed by atoms with Crippen LogP contribution in [-0.2, 0) is 16.6 Å². The molecule has 6 rings (SSSR count). The Hall–Kier alpha value is -2.44. The number of ether oxygens (including phenoxy) is 1. The highest BCUT2D eigenvalue weighted by Gasteiger charge is 2.57. The number of aliphatic hydroxyl groups excluding tert-OH is 1. The van der Waals surface area contributed by atoms with E-state index in [0.717, 1.165) is 37.6 Å². The van der Waals surface area contributed by atoms with Gasteiger partial charge in [-0.2, -0.15) is 5.10 Å². The second-order valence-corrected chi connectivity index (χ2v) is 14.7. The molecule has 1 aromatic carbocycles. The Morgan fingerprint density at radius 1 is 1.10 bits per heavy atom. The maximum atomic E-state index is 12.6. The molecular formula is C34H48N3O3+. The molecule has 7 unspecified atom stereocenters. The fourth-order valence-electron chi connectivity index (χ4n) is 9.25. The molecule has 7 atom stereocenters. The number of benzene rings is 1. The number of allylic oxidation sites excluding steroid dienone is 3. The van der Waals surface area contributed by atoms with Crippen LogP contribution in [0.15, 0.2) is 42.0 Å². The van der Waals surface area contributed by atoms with Crippen LogP contribution in [0.5, 0.6) is 0 Å². The van der Waals surface area contributed by atoms with Gasteiger partial charge in [-0.3, -0.25) is 9.48 Å². The maximum Gasteiger partial charge on any atom is 0.308 e. The summed E-state index contributed by atoms with van der Waals surface area (Å²) in [7, 11) is 8.17. The van der Waals surface area contributed by atoms with E-state index < -0.39 is 6.10 Å². The minimum absolute atomic E-state index is 0.0635. The molecule has 1 N–H and O–H groups in total. The van der Waals surface area contributed by atoms with Crippen LogP contribution < -0.4 is 0 Å². The Kier molecular flexibility index (Phi) is 6.81. The van der Waals surface area contributed by atoms with Crippen molar-refractivity contribution in [2.75, 3.05) is 27.7 Å². The van der Waals surface area contributed by atoms with E-state index in [9.17, 15) is 9.90 Å². The summed E-state index contributed by atoms with van der Waals surface area (Å²) in [5.74, 6) is 1.77. The lowest BCUT2D eigenvalue weighted by molar-refractivity contribution is -0.873. The van der Waals surface area contributed by atoms with Gasteiger partial charge in [-0.25, -0.2) is 0 Å². The van der Waals surface area contributed by atoms with E-state index in [2.05, 4.69) is 62.0 Å². The zero-order valence-electron chi connectivity index (χ0n) is 25.3. The van der Waals surface area contributed by atoms with Crippen molar-refractivity contribution in [3.63, 3.8) is 0 Å². The van der Waals surface area contributed by atoms with Crippen LogP contribution in [-0.4, -0.2) is 65.2 Å². The Morgan fingerprint density at radius 2 is 1.85 bits per heavy atom. The highest BCUT2D eigenvalue weighted by Crippen LogP contribution is 2.66. The normalized spacial score (nSPS) is 34.4. The number of quaternary nitrogens is 1. The number of hydrogen-bond donors (Lipinski definition) is 1. The average Bonchev–Trinajstić information content (AvgIpc) is 3.38. The molecular weight excluding hydrogens is 498 g/mol. The molecule has 2 aromatic rings. The van der Waals surface area contributed by atoms with Gasteiger partial charge in [0.25, 0.3) is 0 Å². The van der Waals surface area contributed by atoms with Crippen molar-refractivity contribution in [2.45, 2.75) is 77.4 Å². The van der Waals surface area contributed by atoms with Gasteiger partial charge in [-0.15, -0.1) is 0 Å². The third-order valence-corrected chi connectivity index (χ3v) is 11.1. The highest BCUT2D eigenvalue weighted by atomic mass is 16.5. The third kappa shape index (κ3) is 4.65. The maximum absolute atomic E-state index is 12.6. The number of nitrogens with zero attached hydrogens (tertiary/aromatic N) is 3. The van der Waals surface area contributed by atoms with Crippen molar-refractivity contribution >= 4 is 22.4 Å². The molecule has 0 amide bonds. The topological polar surface area (TPSA) is 64.4 Å². The lowest BCUT2D eigenvalue weighted by Gasteiger charge is -2.57. The number of rotatable bonds is 6. The van der Waals surface area contributed by atoms with Gasteiger partial charge in [-0.1, -0.05) is 49.8 Å². The van der Waals surface area contributed by atoms with Crippen LogP contribution in [0.4, 0.5) is 0 Å². The van der Waals surface area contributed by atoms with Crippen molar-refractivity contribution in [3.05, 3.63) is 47.7 Å². The second kappa shape index (κ2) is 9.84. The van der Waals surface area contributed by atoms with Crippen molar-refractivity contribution in [2.24, 2.45) is 35.6 Å². The first-order valence-corrected chi connectivity index (χ1v) is 15.4. The highest BCUT2D eigenvalue weighted by molar-refractivity contribution is 5.92. The minimum Gasteiger partial charge on any atom is -0.462 e. The van der Waals surface area contributed by atoms with E-state index >= 15 is 0 Å². The predicted octanol–water partition coefficient (Wildman–Crippen LogP) is 5.90. The summed E-state index contributed by atoms with van der Waals surface area (Å²) >= 11 is 0. The first-order valence-electron chi connectivity index (χ1n) is 15.4. The van der Waals surface area contributed by atoms with Crippen LogP contribution in [0.25, 0.3) is 16.5 Å². The summed E-state index contributed by atoms with van der Waals surface area (Å²) in [6.07, 6.45) is 12.0. The molecule has 40 heavy (non-hydrogen) atoms. The number of esters is 1. The summed E-state index contributed by atoms with van der Waals surface area (Å²) in [4.78, 5) is 12.6. The lowest BCUT2D eigenvalue weighted by atomic mass is 9.47. The number of aromatic nitrogens is 2. The van der Waals surface area contributed by atoms with Crippen molar-refractivity contribution in [3.8, 4) is 0 Å². The first-order chi connectivity index (χ1) is 18.9. The van der Waals surface area contributed by atoms with Crippen LogP contribution in [0.1, 0.15) is 70.9 Å². The molecule has 1 aromatic heterocycles. The van der Waals surface area contributed by atoms with E-state index in [0.29, 0.717) is 28.8 Å². The van der Waals surface area contributed by atoms with Crippen LogP contribution in [0, 0.1) is 28.6 Å². The molecule has 2 fully saturated rings. The van der Waals surface area contributed by atoms with Crippen molar-refractivity contribution in [1.82, 2.24) is 9.78 Å². The van der Waals surface area contributed by atoms with Crippen LogP contribution >= 0.6 is 0 Å². The lowest BCUT2D eigenvalue weighted by Crippen LogP contribution is -2.50. The Balaban J connectivity index is 1.16. The van der Waals surface area contributed by atoms with E-state index in [1.54, 1.807) is 0 Å². The fourth-order valence-corrected chi connectivity index (χ4v) is 9.25. The summed E-state index contributed by atoms with van der Waals surface area (Å²) in [6.45, 7) is 5.57. The molecule has 4 aliphatic carbocycles. The van der Waals surface area contributed by atoms with Gasteiger partial charge in [0.2, 0.25) is 0 Å². The molecule has 0 aliphatic heterocycles. The second-order valence-electron chi connectivity index (χ2n) is 14.7. The standard InChI is InChI=1S/C34H48N3O3/c1-33-17-15-24(40-31(39)20-23(38)21-37(4,5)6)19-22(33)11-12-25-27-13-14-29(34(27,2)18-16-28(25)33)32-26-9-7-8-10-30(26)35-36(32)3/h7-11,14,23-25,27-28,38H,12-13,15-21H2,1-6H3/q+1. The Labute approximate surface area is 239 Å². The summed E-state index contributed by atoms with van der Waals surface area (Å²) < 4.78 is 8.67. The molecule has 2 saturated carbocycles. The minimum atomic E-state index is -0.665.